The summed E-state index contributed by atoms with van der Waals surface area (Å²) in [6.07, 6.45) is 2.32. The molecule has 2 rings (SSSR count). The van der Waals surface area contributed by atoms with Crippen LogP contribution in [-0.2, 0) is 0 Å². The number of nitrogens with one attached hydrogen (secondary N) is 1. The molecule has 0 spiro atoms. The lowest BCUT2D eigenvalue weighted by Crippen LogP contribution is -2.33. The van der Waals surface area contributed by atoms with Gasteiger partial charge in [0.1, 0.15) is 5.82 Å². The van der Waals surface area contributed by atoms with E-state index < -0.39 is 0 Å². The maximum Gasteiger partial charge on any atom is 0.146 e. The molecule has 0 bridgehead atoms. The molecule has 0 radical (unpaired) electrons. The van der Waals surface area contributed by atoms with Gasteiger partial charge in [0.25, 0.3) is 0 Å². The number of rotatable bonds is 4. The van der Waals surface area contributed by atoms with Crippen LogP contribution in [0.5, 0.6) is 0 Å². The van der Waals surface area contributed by atoms with Crippen molar-refractivity contribution >= 4 is 5.69 Å². The summed E-state index contributed by atoms with van der Waals surface area (Å²) in [5.41, 5.74) is 1.79. The summed E-state index contributed by atoms with van der Waals surface area (Å²) in [6, 6.07) is 5.87. The second-order valence-corrected chi connectivity index (χ2v) is 5.66. The Labute approximate surface area is 116 Å². The maximum absolute atomic E-state index is 14.3. The monoisotopic (exact) mass is 264 g/mol. The minimum Gasteiger partial charge on any atom is -0.369 e. The Kier molecular flexibility index (Phi) is 4.81. The number of piperidine rings is 1. The third-order valence-corrected chi connectivity index (χ3v) is 4.11. The Balaban J connectivity index is 2.10. The van der Waals surface area contributed by atoms with Crippen molar-refractivity contribution in [1.29, 1.82) is 0 Å². The Morgan fingerprint density at radius 1 is 1.37 bits per heavy atom. The average molecular weight is 264 g/mol. The first-order valence-corrected chi connectivity index (χ1v) is 7.39. The van der Waals surface area contributed by atoms with E-state index in [4.69, 9.17) is 0 Å². The summed E-state index contributed by atoms with van der Waals surface area (Å²) in [7, 11) is 0. The molecule has 0 saturated carbocycles. The number of nitrogens with zero attached hydrogens (tertiary/aromatic N) is 1. The lowest BCUT2D eigenvalue weighted by molar-refractivity contribution is 0.434. The summed E-state index contributed by atoms with van der Waals surface area (Å²) >= 11 is 0. The molecule has 1 N–H and O–H groups in total. The predicted molar refractivity (Wildman–Crippen MR) is 79.1 cm³/mol. The van der Waals surface area contributed by atoms with Crippen molar-refractivity contribution in [1.82, 2.24) is 5.32 Å². The van der Waals surface area contributed by atoms with Gasteiger partial charge in [-0.15, -0.1) is 0 Å². The summed E-state index contributed by atoms with van der Waals surface area (Å²) in [4.78, 5) is 2.18. The van der Waals surface area contributed by atoms with Crippen molar-refractivity contribution in [2.75, 3.05) is 24.5 Å². The molecule has 1 heterocycles. The maximum atomic E-state index is 14.3. The van der Waals surface area contributed by atoms with Crippen LogP contribution in [0.1, 0.15) is 45.2 Å². The van der Waals surface area contributed by atoms with Gasteiger partial charge in [-0.2, -0.15) is 0 Å². The molecule has 2 nitrogen and oxygen atoms in total. The highest BCUT2D eigenvalue weighted by atomic mass is 19.1. The fraction of sp³-hybridized carbons (Fsp3) is 0.625. The molecule has 1 aromatic carbocycles. The van der Waals surface area contributed by atoms with Crippen molar-refractivity contribution < 1.29 is 4.39 Å². The Hall–Kier alpha value is -1.09. The zero-order chi connectivity index (χ0) is 13.8. The zero-order valence-electron chi connectivity index (χ0n) is 12.2. The van der Waals surface area contributed by atoms with Gasteiger partial charge in [-0.05, 0) is 49.9 Å². The minimum absolute atomic E-state index is 0.0863. The van der Waals surface area contributed by atoms with Crippen LogP contribution in [0.3, 0.4) is 0 Å². The normalized spacial score (nSPS) is 18.6. The topological polar surface area (TPSA) is 15.3 Å². The first-order chi connectivity index (χ1) is 9.11. The van der Waals surface area contributed by atoms with E-state index in [0.29, 0.717) is 0 Å². The van der Waals surface area contributed by atoms with Gasteiger partial charge in [0.2, 0.25) is 0 Å². The molecule has 1 saturated heterocycles. The van der Waals surface area contributed by atoms with E-state index in [1.165, 1.54) is 0 Å². The molecule has 1 unspecified atom stereocenters. The van der Waals surface area contributed by atoms with E-state index in [-0.39, 0.29) is 11.9 Å². The third kappa shape index (κ3) is 3.47. The molecular weight excluding hydrogens is 239 g/mol. The van der Waals surface area contributed by atoms with Crippen LogP contribution in [0, 0.1) is 11.7 Å². The van der Waals surface area contributed by atoms with Crippen LogP contribution in [0.15, 0.2) is 18.2 Å². The van der Waals surface area contributed by atoms with E-state index in [2.05, 4.69) is 31.0 Å². The molecule has 0 aliphatic carbocycles. The van der Waals surface area contributed by atoms with Gasteiger partial charge in [-0.25, -0.2) is 4.39 Å². The van der Waals surface area contributed by atoms with Crippen molar-refractivity contribution in [2.45, 2.75) is 39.7 Å². The highest BCUT2D eigenvalue weighted by molar-refractivity contribution is 5.50. The zero-order valence-corrected chi connectivity index (χ0v) is 12.2. The Morgan fingerprint density at radius 2 is 2.05 bits per heavy atom. The lowest BCUT2D eigenvalue weighted by Gasteiger charge is -2.32. The van der Waals surface area contributed by atoms with E-state index in [1.54, 1.807) is 6.07 Å². The molecular formula is C16H25FN2. The molecule has 1 aliphatic heterocycles. The molecule has 19 heavy (non-hydrogen) atoms. The van der Waals surface area contributed by atoms with Gasteiger partial charge < -0.3 is 10.2 Å². The van der Waals surface area contributed by atoms with Crippen LogP contribution < -0.4 is 10.2 Å². The molecule has 0 aromatic heterocycles. The number of halogens is 1. The Morgan fingerprint density at radius 3 is 2.63 bits per heavy atom. The number of hydrogen-bond donors (Lipinski definition) is 1. The quantitative estimate of drug-likeness (QED) is 0.891. The molecule has 1 fully saturated rings. The van der Waals surface area contributed by atoms with Gasteiger partial charge >= 0.3 is 0 Å². The third-order valence-electron chi connectivity index (χ3n) is 4.11. The van der Waals surface area contributed by atoms with Crippen LogP contribution in [-0.4, -0.2) is 19.6 Å². The van der Waals surface area contributed by atoms with Crippen LogP contribution in [0.2, 0.25) is 0 Å². The lowest BCUT2D eigenvalue weighted by atomic mass is 9.98. The smallest absolute Gasteiger partial charge is 0.146 e. The van der Waals surface area contributed by atoms with Gasteiger partial charge in [-0.1, -0.05) is 19.9 Å². The molecule has 1 aromatic rings. The second kappa shape index (κ2) is 6.38. The summed E-state index contributed by atoms with van der Waals surface area (Å²) in [6.45, 7) is 9.25. The first-order valence-electron chi connectivity index (χ1n) is 7.39. The fourth-order valence-electron chi connectivity index (χ4n) is 2.72. The van der Waals surface area contributed by atoms with E-state index in [0.717, 1.165) is 49.6 Å². The molecule has 1 atom stereocenters. The number of anilines is 1. The highest BCUT2D eigenvalue weighted by Crippen LogP contribution is 2.27. The second-order valence-electron chi connectivity index (χ2n) is 5.66. The van der Waals surface area contributed by atoms with Crippen molar-refractivity contribution in [3.05, 3.63) is 29.6 Å². The SMILES string of the molecule is CCNC(C)c1ccc(N2CCC(C)CC2)c(F)c1. The highest BCUT2D eigenvalue weighted by Gasteiger charge is 2.19. The summed E-state index contributed by atoms with van der Waals surface area (Å²) in [5, 5.41) is 3.31. The fourth-order valence-corrected chi connectivity index (χ4v) is 2.72. The van der Waals surface area contributed by atoms with Crippen LogP contribution in [0.4, 0.5) is 10.1 Å². The van der Waals surface area contributed by atoms with Crippen molar-refractivity contribution in [3.63, 3.8) is 0 Å². The standard InChI is InChI=1S/C16H25FN2/c1-4-18-13(3)14-5-6-16(15(17)11-14)19-9-7-12(2)8-10-19/h5-6,11-13,18H,4,7-10H2,1-3H3. The van der Waals surface area contributed by atoms with Crippen molar-refractivity contribution in [3.8, 4) is 0 Å². The van der Waals surface area contributed by atoms with Gasteiger partial charge in [0.15, 0.2) is 0 Å². The molecule has 1 aliphatic rings. The molecule has 3 heteroatoms. The van der Waals surface area contributed by atoms with E-state index >= 15 is 0 Å². The van der Waals surface area contributed by atoms with Crippen LogP contribution in [0.25, 0.3) is 0 Å². The molecule has 0 amide bonds. The minimum atomic E-state index is -0.0863. The van der Waals surface area contributed by atoms with Gasteiger partial charge in [0, 0.05) is 19.1 Å². The Bertz CT molecular complexity index is 411. The van der Waals surface area contributed by atoms with Crippen LogP contribution >= 0.6 is 0 Å². The van der Waals surface area contributed by atoms with E-state index in [9.17, 15) is 4.39 Å². The first kappa shape index (κ1) is 14.3. The molecule has 106 valence electrons. The van der Waals surface area contributed by atoms with E-state index in [1.807, 2.05) is 12.1 Å². The number of benzene rings is 1. The van der Waals surface area contributed by atoms with Crippen molar-refractivity contribution in [2.24, 2.45) is 5.92 Å². The number of hydrogen-bond acceptors (Lipinski definition) is 2. The predicted octanol–water partition coefficient (Wildman–Crippen LogP) is 3.73. The summed E-state index contributed by atoms with van der Waals surface area (Å²) in [5.74, 6) is 0.684. The summed E-state index contributed by atoms with van der Waals surface area (Å²) < 4.78 is 14.3. The van der Waals surface area contributed by atoms with Gasteiger partial charge in [-0.3, -0.25) is 0 Å². The average Bonchev–Trinajstić information content (AvgIpc) is 2.40. The van der Waals surface area contributed by atoms with Gasteiger partial charge in [0.05, 0.1) is 5.69 Å². The largest absolute Gasteiger partial charge is 0.369 e.